The molecule has 3 atom stereocenters. The molecule has 0 heterocycles. The third-order valence-corrected chi connectivity index (χ3v) is 7.32. The molecule has 0 fully saturated rings. The van der Waals surface area contributed by atoms with Gasteiger partial charge in [0, 0.05) is 12.5 Å². The van der Waals surface area contributed by atoms with Crippen LogP contribution in [0, 0.1) is 5.92 Å². The summed E-state index contributed by atoms with van der Waals surface area (Å²) in [6, 6.07) is 13.9. The molecule has 0 saturated heterocycles. The van der Waals surface area contributed by atoms with Crippen molar-refractivity contribution in [2.24, 2.45) is 5.92 Å². The van der Waals surface area contributed by atoms with E-state index in [1.807, 2.05) is 55.5 Å². The Morgan fingerprint density at radius 2 is 1.50 bits per heavy atom. The summed E-state index contributed by atoms with van der Waals surface area (Å²) in [6.07, 6.45) is 0.462. The molecule has 3 amide bonds. The molecule has 42 heavy (non-hydrogen) atoms. The second-order valence-electron chi connectivity index (χ2n) is 11.7. The van der Waals surface area contributed by atoms with Gasteiger partial charge in [-0.25, -0.2) is 14.4 Å². The number of carbonyl (C=O) groups is 4. The zero-order valence-corrected chi connectivity index (χ0v) is 25.1. The highest BCUT2D eigenvalue weighted by molar-refractivity contribution is 5.89. The number of carboxylic acids is 1. The van der Waals surface area contributed by atoms with Gasteiger partial charge in [-0.3, -0.25) is 4.79 Å². The molecule has 1 aliphatic carbocycles. The Morgan fingerprint density at radius 1 is 0.905 bits per heavy atom. The van der Waals surface area contributed by atoms with E-state index in [-0.39, 0.29) is 24.9 Å². The smallest absolute Gasteiger partial charge is 0.407 e. The van der Waals surface area contributed by atoms with Crippen molar-refractivity contribution in [2.45, 2.75) is 83.9 Å². The lowest BCUT2D eigenvalue weighted by Crippen LogP contribution is -2.53. The predicted octanol–water partition coefficient (Wildman–Crippen LogP) is 5.20. The highest BCUT2D eigenvalue weighted by Crippen LogP contribution is 2.44. The van der Waals surface area contributed by atoms with Gasteiger partial charge >= 0.3 is 18.2 Å². The third-order valence-electron chi connectivity index (χ3n) is 7.32. The van der Waals surface area contributed by atoms with Gasteiger partial charge < -0.3 is 30.5 Å². The van der Waals surface area contributed by atoms with Gasteiger partial charge in [-0.1, -0.05) is 68.8 Å². The topological polar surface area (TPSA) is 143 Å². The fourth-order valence-electron chi connectivity index (χ4n) is 4.97. The molecule has 2 aromatic rings. The van der Waals surface area contributed by atoms with Crippen LogP contribution in [0.4, 0.5) is 9.59 Å². The minimum absolute atomic E-state index is 0.0820. The quantitative estimate of drug-likeness (QED) is 0.238. The average molecular weight is 582 g/mol. The molecule has 3 rings (SSSR count). The van der Waals surface area contributed by atoms with Crippen molar-refractivity contribution in [1.29, 1.82) is 0 Å². The van der Waals surface area contributed by atoms with Crippen molar-refractivity contribution in [3.8, 4) is 11.1 Å². The first-order valence-corrected chi connectivity index (χ1v) is 14.5. The molecule has 228 valence electrons. The molecule has 10 nitrogen and oxygen atoms in total. The van der Waals surface area contributed by atoms with Crippen LogP contribution in [0.25, 0.3) is 11.1 Å². The highest BCUT2D eigenvalue weighted by atomic mass is 16.6. The summed E-state index contributed by atoms with van der Waals surface area (Å²) in [5.41, 5.74) is 3.72. The summed E-state index contributed by atoms with van der Waals surface area (Å²) in [4.78, 5) is 49.9. The Bertz CT molecular complexity index is 1210. The molecule has 2 aromatic carbocycles. The van der Waals surface area contributed by atoms with Gasteiger partial charge in [-0.15, -0.1) is 0 Å². The Kier molecular flexibility index (Phi) is 11.4. The number of hydrogen-bond donors (Lipinski definition) is 4. The second kappa shape index (κ2) is 14.7. The van der Waals surface area contributed by atoms with E-state index in [1.165, 1.54) is 0 Å². The van der Waals surface area contributed by atoms with Gasteiger partial charge in [0.05, 0.1) is 0 Å². The molecule has 0 bridgehead atoms. The minimum Gasteiger partial charge on any atom is -0.480 e. The molecule has 0 aromatic heterocycles. The number of alkyl carbamates (subject to hydrolysis) is 2. The zero-order valence-electron chi connectivity index (χ0n) is 25.1. The van der Waals surface area contributed by atoms with E-state index in [1.54, 1.807) is 27.7 Å². The summed E-state index contributed by atoms with van der Waals surface area (Å²) < 4.78 is 10.9. The van der Waals surface area contributed by atoms with Gasteiger partial charge in [0.15, 0.2) is 0 Å². The fourth-order valence-corrected chi connectivity index (χ4v) is 4.97. The van der Waals surface area contributed by atoms with E-state index < -0.39 is 41.7 Å². The van der Waals surface area contributed by atoms with Crippen molar-refractivity contribution >= 4 is 24.1 Å². The van der Waals surface area contributed by atoms with Gasteiger partial charge in [0.25, 0.3) is 0 Å². The van der Waals surface area contributed by atoms with Gasteiger partial charge in [0.1, 0.15) is 24.3 Å². The van der Waals surface area contributed by atoms with Crippen LogP contribution in [0.3, 0.4) is 0 Å². The number of carbonyl (C=O) groups excluding carboxylic acids is 3. The monoisotopic (exact) mass is 581 g/mol. The number of amides is 3. The van der Waals surface area contributed by atoms with E-state index in [4.69, 9.17) is 9.47 Å². The van der Waals surface area contributed by atoms with Crippen molar-refractivity contribution in [3.63, 3.8) is 0 Å². The van der Waals surface area contributed by atoms with E-state index in [0.717, 1.165) is 22.3 Å². The summed E-state index contributed by atoms with van der Waals surface area (Å²) in [5.74, 6) is -2.19. The average Bonchev–Trinajstić information content (AvgIpc) is 3.26. The largest absolute Gasteiger partial charge is 0.480 e. The van der Waals surface area contributed by atoms with Gasteiger partial charge in [-0.2, -0.15) is 0 Å². The van der Waals surface area contributed by atoms with Crippen LogP contribution in [0.5, 0.6) is 0 Å². The first-order valence-electron chi connectivity index (χ1n) is 14.5. The molecular formula is C32H43N3O7. The maximum Gasteiger partial charge on any atom is 0.407 e. The molecule has 1 aliphatic rings. The fraction of sp³-hybridized carbons (Fsp3) is 0.500. The van der Waals surface area contributed by atoms with Crippen molar-refractivity contribution in [3.05, 3.63) is 59.7 Å². The number of hydrogen-bond acceptors (Lipinski definition) is 6. The van der Waals surface area contributed by atoms with E-state index >= 15 is 0 Å². The van der Waals surface area contributed by atoms with Gasteiger partial charge in [0.2, 0.25) is 5.91 Å². The summed E-state index contributed by atoms with van der Waals surface area (Å²) in [5, 5.41) is 17.5. The summed E-state index contributed by atoms with van der Waals surface area (Å²) >= 11 is 0. The molecular weight excluding hydrogens is 538 g/mol. The molecule has 10 heteroatoms. The Balaban J connectivity index is 1.63. The maximum absolute atomic E-state index is 13.2. The lowest BCUT2D eigenvalue weighted by molar-refractivity contribution is -0.143. The van der Waals surface area contributed by atoms with E-state index in [0.29, 0.717) is 25.8 Å². The number of rotatable bonds is 13. The molecule has 4 N–H and O–H groups in total. The van der Waals surface area contributed by atoms with Crippen LogP contribution in [0.15, 0.2) is 48.5 Å². The minimum atomic E-state index is -1.14. The van der Waals surface area contributed by atoms with Crippen LogP contribution in [0.2, 0.25) is 0 Å². The summed E-state index contributed by atoms with van der Waals surface area (Å²) in [6.45, 7) is 9.31. The van der Waals surface area contributed by atoms with Crippen LogP contribution in [0.1, 0.15) is 77.3 Å². The third kappa shape index (κ3) is 8.96. The maximum atomic E-state index is 13.2. The molecule has 0 unspecified atom stereocenters. The Hall–Kier alpha value is -4.08. The van der Waals surface area contributed by atoms with Gasteiger partial charge in [-0.05, 0) is 68.2 Å². The molecule has 0 spiro atoms. The van der Waals surface area contributed by atoms with Crippen molar-refractivity contribution < 1.29 is 33.8 Å². The number of benzene rings is 2. The number of fused-ring (bicyclic) bond motifs is 3. The standard InChI is InChI=1S/C32H43N3O7/c1-6-20(2)27(29(37)38)35-28(36)26(17-11-12-18-33-30(39)42-32(3,4)5)34-31(40)41-19-25-23-15-9-7-13-21(23)22-14-8-10-16-24(22)25/h7-10,13-16,20,25-27H,6,11-12,17-19H2,1-5H3,(H,33,39)(H,34,40)(H,35,36)(H,37,38)/t20-,26-,27-/m0/s1. The predicted molar refractivity (Wildman–Crippen MR) is 159 cm³/mol. The number of nitrogens with one attached hydrogen (secondary N) is 3. The van der Waals surface area contributed by atoms with E-state index in [2.05, 4.69) is 16.0 Å². The zero-order chi connectivity index (χ0) is 30.9. The lowest BCUT2D eigenvalue weighted by Gasteiger charge is -2.24. The van der Waals surface area contributed by atoms with Crippen LogP contribution in [-0.4, -0.2) is 60.0 Å². The number of ether oxygens (including phenoxy) is 2. The Morgan fingerprint density at radius 3 is 2.05 bits per heavy atom. The van der Waals surface area contributed by atoms with Crippen molar-refractivity contribution in [1.82, 2.24) is 16.0 Å². The number of aliphatic carboxylic acids is 1. The highest BCUT2D eigenvalue weighted by Gasteiger charge is 2.32. The summed E-state index contributed by atoms with van der Waals surface area (Å²) in [7, 11) is 0. The van der Waals surface area contributed by atoms with Crippen LogP contribution >= 0.6 is 0 Å². The molecule has 0 aliphatic heterocycles. The van der Waals surface area contributed by atoms with E-state index in [9.17, 15) is 24.3 Å². The Labute approximate surface area is 247 Å². The molecule has 0 saturated carbocycles. The SMILES string of the molecule is CC[C@H](C)[C@H](NC(=O)[C@H](CCCCNC(=O)OC(C)(C)C)NC(=O)OCC1c2ccccc2-c2ccccc21)C(=O)O. The first-order chi connectivity index (χ1) is 19.9. The van der Waals surface area contributed by atoms with Crippen molar-refractivity contribution in [2.75, 3.05) is 13.2 Å². The first kappa shape index (κ1) is 32.4. The lowest BCUT2D eigenvalue weighted by atomic mass is 9.98. The number of unbranched alkanes of at least 4 members (excludes halogenated alkanes) is 1. The number of carboxylic acid groups (broad SMARTS) is 1. The second-order valence-corrected chi connectivity index (χ2v) is 11.7. The van der Waals surface area contributed by atoms with Crippen LogP contribution in [-0.2, 0) is 19.1 Å². The molecule has 0 radical (unpaired) electrons. The van der Waals surface area contributed by atoms with Crippen LogP contribution < -0.4 is 16.0 Å². The normalized spacial score (nSPS) is 14.5.